The molecule has 1 aromatic rings. The Hall–Kier alpha value is -1.84. The average Bonchev–Trinajstić information content (AvgIpc) is 2.19. The zero-order chi connectivity index (χ0) is 12.3. The summed E-state index contributed by atoms with van der Waals surface area (Å²) in [7, 11) is 1.46. The van der Waals surface area contributed by atoms with Gasteiger partial charge in [0.1, 0.15) is 0 Å². The normalized spacial score (nSPS) is 9.75. The summed E-state index contributed by atoms with van der Waals surface area (Å²) in [6, 6.07) is 3.23. The minimum atomic E-state index is -0.419. The Kier molecular flexibility index (Phi) is 3.66. The topological polar surface area (TPSA) is 52.6 Å². The average molecular weight is 222 g/mol. The predicted molar refractivity (Wildman–Crippen MR) is 59.0 cm³/mol. The van der Waals surface area contributed by atoms with Crippen LogP contribution in [0.4, 0.5) is 0 Å². The van der Waals surface area contributed by atoms with Crippen LogP contribution in [0.1, 0.15) is 29.8 Å². The number of aryl methyl sites for hydroxylation is 1. The molecule has 0 heterocycles. The van der Waals surface area contributed by atoms with Gasteiger partial charge in [-0.3, -0.25) is 9.59 Å². The van der Waals surface area contributed by atoms with E-state index in [0.29, 0.717) is 22.6 Å². The smallest absolute Gasteiger partial charge is 0.308 e. The molecule has 0 N–H and O–H groups in total. The van der Waals surface area contributed by atoms with Crippen LogP contribution in [0.15, 0.2) is 12.1 Å². The lowest BCUT2D eigenvalue weighted by atomic mass is 10.1. The van der Waals surface area contributed by atoms with Crippen molar-refractivity contribution in [2.45, 2.75) is 20.8 Å². The van der Waals surface area contributed by atoms with Gasteiger partial charge in [0.25, 0.3) is 0 Å². The van der Waals surface area contributed by atoms with Crippen LogP contribution in [-0.4, -0.2) is 18.9 Å². The first-order valence-electron chi connectivity index (χ1n) is 4.83. The Morgan fingerprint density at radius 3 is 2.25 bits per heavy atom. The Bertz CT molecular complexity index is 435. The molecule has 0 aliphatic heterocycles. The highest BCUT2D eigenvalue weighted by Crippen LogP contribution is 2.32. The molecule has 0 fully saturated rings. The summed E-state index contributed by atoms with van der Waals surface area (Å²) in [5.41, 5.74) is 1.23. The summed E-state index contributed by atoms with van der Waals surface area (Å²) in [6.45, 7) is 4.55. The van der Waals surface area contributed by atoms with Crippen molar-refractivity contribution in [3.05, 3.63) is 23.3 Å². The van der Waals surface area contributed by atoms with E-state index in [1.165, 1.54) is 21.0 Å². The Morgan fingerprint density at radius 1 is 1.19 bits per heavy atom. The molecule has 4 heteroatoms. The lowest BCUT2D eigenvalue weighted by Crippen LogP contribution is -2.06. The summed E-state index contributed by atoms with van der Waals surface area (Å²) in [5, 5.41) is 0. The molecule has 0 spiro atoms. The molecular weight excluding hydrogens is 208 g/mol. The summed E-state index contributed by atoms with van der Waals surface area (Å²) in [6.07, 6.45) is 0. The largest absolute Gasteiger partial charge is 0.493 e. The van der Waals surface area contributed by atoms with Gasteiger partial charge in [-0.2, -0.15) is 0 Å². The van der Waals surface area contributed by atoms with Gasteiger partial charge in [-0.25, -0.2) is 0 Å². The minimum absolute atomic E-state index is 0.0595. The Labute approximate surface area is 94.2 Å². The van der Waals surface area contributed by atoms with Crippen molar-refractivity contribution >= 4 is 11.8 Å². The van der Waals surface area contributed by atoms with Crippen molar-refractivity contribution in [1.29, 1.82) is 0 Å². The molecule has 0 atom stereocenters. The number of Topliss-reactive ketones (excluding diaryl/α,β-unsaturated/α-hetero) is 1. The first kappa shape index (κ1) is 12.2. The lowest BCUT2D eigenvalue weighted by Gasteiger charge is -2.12. The first-order valence-corrected chi connectivity index (χ1v) is 4.83. The van der Waals surface area contributed by atoms with Gasteiger partial charge in [0.05, 0.1) is 7.11 Å². The maximum Gasteiger partial charge on any atom is 0.308 e. The molecule has 0 aliphatic rings. The van der Waals surface area contributed by atoms with Crippen LogP contribution >= 0.6 is 0 Å². The van der Waals surface area contributed by atoms with Gasteiger partial charge in [-0.15, -0.1) is 0 Å². The monoisotopic (exact) mass is 222 g/mol. The summed E-state index contributed by atoms with van der Waals surface area (Å²) >= 11 is 0. The number of carbonyl (C=O) groups excluding carboxylic acids is 2. The molecule has 1 rings (SSSR count). The molecule has 0 bridgehead atoms. The second-order valence-electron chi connectivity index (χ2n) is 3.47. The number of esters is 1. The zero-order valence-corrected chi connectivity index (χ0v) is 9.79. The standard InChI is InChI=1S/C12H14O4/c1-7-5-10(8(2)13)6-11(15-4)12(7)16-9(3)14/h5-6H,1-4H3. The highest BCUT2D eigenvalue weighted by atomic mass is 16.6. The minimum Gasteiger partial charge on any atom is -0.493 e. The SMILES string of the molecule is COc1cc(C(C)=O)cc(C)c1OC(C)=O. The van der Waals surface area contributed by atoms with Gasteiger partial charge in [-0.05, 0) is 31.5 Å². The van der Waals surface area contributed by atoms with E-state index in [4.69, 9.17) is 9.47 Å². The van der Waals surface area contributed by atoms with Gasteiger partial charge >= 0.3 is 5.97 Å². The fraction of sp³-hybridized carbons (Fsp3) is 0.333. The van der Waals surface area contributed by atoms with E-state index in [2.05, 4.69) is 0 Å². The van der Waals surface area contributed by atoms with E-state index in [0.717, 1.165) is 0 Å². The van der Waals surface area contributed by atoms with Crippen LogP contribution in [-0.2, 0) is 4.79 Å². The van der Waals surface area contributed by atoms with Crippen LogP contribution in [0.3, 0.4) is 0 Å². The maximum absolute atomic E-state index is 11.2. The third-order valence-electron chi connectivity index (χ3n) is 2.11. The van der Waals surface area contributed by atoms with Crippen LogP contribution in [0.2, 0.25) is 0 Å². The molecule has 4 nitrogen and oxygen atoms in total. The van der Waals surface area contributed by atoms with E-state index in [9.17, 15) is 9.59 Å². The number of ether oxygens (including phenoxy) is 2. The molecule has 86 valence electrons. The van der Waals surface area contributed by atoms with Gasteiger partial charge in [0, 0.05) is 12.5 Å². The fourth-order valence-electron chi connectivity index (χ4n) is 1.37. The summed E-state index contributed by atoms with van der Waals surface area (Å²) < 4.78 is 10.1. The number of carbonyl (C=O) groups is 2. The molecule has 0 saturated heterocycles. The second-order valence-corrected chi connectivity index (χ2v) is 3.47. The number of rotatable bonds is 3. The number of methoxy groups -OCH3 is 1. The molecule has 0 radical (unpaired) electrons. The van der Waals surface area contributed by atoms with E-state index >= 15 is 0 Å². The molecular formula is C12H14O4. The molecule has 0 amide bonds. The first-order chi connectivity index (χ1) is 7.45. The van der Waals surface area contributed by atoms with E-state index in [1.54, 1.807) is 19.1 Å². The quantitative estimate of drug-likeness (QED) is 0.446. The van der Waals surface area contributed by atoms with Crippen molar-refractivity contribution in [3.63, 3.8) is 0 Å². The Balaban J connectivity index is 3.28. The summed E-state index contributed by atoms with van der Waals surface area (Å²) in [5.74, 6) is 0.271. The number of hydrogen-bond acceptors (Lipinski definition) is 4. The van der Waals surface area contributed by atoms with E-state index < -0.39 is 5.97 Å². The molecule has 0 aromatic heterocycles. The van der Waals surface area contributed by atoms with Gasteiger partial charge in [0.2, 0.25) is 0 Å². The van der Waals surface area contributed by atoms with Crippen LogP contribution in [0, 0.1) is 6.92 Å². The highest BCUT2D eigenvalue weighted by molar-refractivity contribution is 5.95. The Morgan fingerprint density at radius 2 is 1.81 bits per heavy atom. The van der Waals surface area contributed by atoms with Gasteiger partial charge < -0.3 is 9.47 Å². The lowest BCUT2D eigenvalue weighted by molar-refractivity contribution is -0.132. The van der Waals surface area contributed by atoms with Crippen LogP contribution in [0.5, 0.6) is 11.5 Å². The number of ketones is 1. The summed E-state index contributed by atoms with van der Waals surface area (Å²) in [4.78, 5) is 22.1. The molecule has 1 aromatic carbocycles. The predicted octanol–water partition coefficient (Wildman–Crippen LogP) is 2.13. The van der Waals surface area contributed by atoms with Gasteiger partial charge in [0.15, 0.2) is 17.3 Å². The van der Waals surface area contributed by atoms with Crippen molar-refractivity contribution in [1.82, 2.24) is 0 Å². The van der Waals surface area contributed by atoms with Crippen molar-refractivity contribution in [2.24, 2.45) is 0 Å². The third kappa shape index (κ3) is 2.59. The van der Waals surface area contributed by atoms with E-state index in [-0.39, 0.29) is 5.78 Å². The fourth-order valence-corrected chi connectivity index (χ4v) is 1.37. The van der Waals surface area contributed by atoms with Crippen LogP contribution in [0.25, 0.3) is 0 Å². The molecule has 0 aliphatic carbocycles. The van der Waals surface area contributed by atoms with Crippen LogP contribution < -0.4 is 9.47 Å². The van der Waals surface area contributed by atoms with Crippen molar-refractivity contribution in [2.75, 3.05) is 7.11 Å². The maximum atomic E-state index is 11.2. The highest BCUT2D eigenvalue weighted by Gasteiger charge is 2.13. The van der Waals surface area contributed by atoms with Gasteiger partial charge in [-0.1, -0.05) is 0 Å². The molecule has 0 saturated carbocycles. The number of hydrogen-bond donors (Lipinski definition) is 0. The zero-order valence-electron chi connectivity index (χ0n) is 9.79. The molecule has 16 heavy (non-hydrogen) atoms. The van der Waals surface area contributed by atoms with Crippen molar-refractivity contribution in [3.8, 4) is 11.5 Å². The van der Waals surface area contributed by atoms with Crippen molar-refractivity contribution < 1.29 is 19.1 Å². The third-order valence-corrected chi connectivity index (χ3v) is 2.11. The molecule has 0 unspecified atom stereocenters. The second kappa shape index (κ2) is 4.79. The van der Waals surface area contributed by atoms with E-state index in [1.807, 2.05) is 0 Å². The number of benzene rings is 1.